The van der Waals surface area contributed by atoms with Crippen LogP contribution in [-0.4, -0.2) is 61.7 Å². The first-order valence-corrected chi connectivity index (χ1v) is 12.1. The van der Waals surface area contributed by atoms with Gasteiger partial charge in [0.25, 0.3) is 0 Å². The summed E-state index contributed by atoms with van der Waals surface area (Å²) in [6, 6.07) is 11.3. The van der Waals surface area contributed by atoms with E-state index in [9.17, 15) is 0 Å². The molecule has 2 saturated heterocycles. The van der Waals surface area contributed by atoms with Gasteiger partial charge < -0.3 is 15.5 Å². The normalized spacial score (nSPS) is 20.1. The summed E-state index contributed by atoms with van der Waals surface area (Å²) in [6.07, 6.45) is 6.03. The van der Waals surface area contributed by atoms with Crippen LogP contribution in [0.15, 0.2) is 40.7 Å². The van der Waals surface area contributed by atoms with Crippen molar-refractivity contribution in [3.63, 3.8) is 0 Å². The van der Waals surface area contributed by atoms with Crippen LogP contribution in [0, 0.1) is 0 Å². The van der Waals surface area contributed by atoms with Gasteiger partial charge in [0, 0.05) is 57.6 Å². The number of benzene rings is 1. The molecule has 162 valence electrons. The number of nitrogens with zero attached hydrogens (tertiary/aromatic N) is 4. The van der Waals surface area contributed by atoms with Crippen molar-refractivity contribution in [2.45, 2.75) is 44.7 Å². The van der Waals surface area contributed by atoms with E-state index in [0.717, 1.165) is 45.1 Å². The number of likely N-dealkylation sites (tertiary alicyclic amines) is 1. The van der Waals surface area contributed by atoms with Crippen LogP contribution in [0.3, 0.4) is 0 Å². The number of rotatable bonds is 8. The zero-order valence-corrected chi connectivity index (χ0v) is 18.8. The second kappa shape index (κ2) is 10.8. The summed E-state index contributed by atoms with van der Waals surface area (Å²) in [5.74, 6) is 0.886. The van der Waals surface area contributed by atoms with Gasteiger partial charge in [-0.25, -0.2) is 4.98 Å². The molecule has 1 atom stereocenters. The zero-order chi connectivity index (χ0) is 20.6. The Morgan fingerprint density at radius 3 is 2.77 bits per heavy atom. The highest BCUT2D eigenvalue weighted by molar-refractivity contribution is 7.13. The van der Waals surface area contributed by atoms with Gasteiger partial charge in [0.15, 0.2) is 11.1 Å². The number of thiazole rings is 1. The van der Waals surface area contributed by atoms with E-state index in [-0.39, 0.29) is 0 Å². The molecule has 2 aromatic rings. The minimum absolute atomic E-state index is 0.560. The lowest BCUT2D eigenvalue weighted by atomic mass is 10.2. The summed E-state index contributed by atoms with van der Waals surface area (Å²) >= 11 is 1.77. The Morgan fingerprint density at radius 1 is 1.13 bits per heavy atom. The average Bonchev–Trinajstić information content (AvgIpc) is 3.53. The Morgan fingerprint density at radius 2 is 1.97 bits per heavy atom. The van der Waals surface area contributed by atoms with E-state index in [4.69, 9.17) is 4.98 Å². The molecule has 0 radical (unpaired) electrons. The van der Waals surface area contributed by atoms with Crippen molar-refractivity contribution in [3.8, 4) is 0 Å². The molecule has 0 aliphatic carbocycles. The van der Waals surface area contributed by atoms with Crippen LogP contribution in [0.1, 0.15) is 36.9 Å². The molecule has 7 heteroatoms. The number of guanidine groups is 1. The highest BCUT2D eigenvalue weighted by Gasteiger charge is 2.24. The van der Waals surface area contributed by atoms with Crippen LogP contribution in [-0.2, 0) is 13.0 Å². The van der Waals surface area contributed by atoms with Crippen LogP contribution < -0.4 is 15.5 Å². The molecule has 0 saturated carbocycles. The van der Waals surface area contributed by atoms with Crippen molar-refractivity contribution in [1.82, 2.24) is 20.5 Å². The molecule has 2 aliphatic heterocycles. The van der Waals surface area contributed by atoms with Crippen molar-refractivity contribution in [2.75, 3.05) is 44.7 Å². The molecule has 1 aromatic heterocycles. The second-order valence-electron chi connectivity index (χ2n) is 8.20. The van der Waals surface area contributed by atoms with Crippen molar-refractivity contribution >= 4 is 22.4 Å². The van der Waals surface area contributed by atoms with Crippen molar-refractivity contribution in [2.24, 2.45) is 4.99 Å². The lowest BCUT2D eigenvalue weighted by Gasteiger charge is -2.25. The standard InChI is InChI=1S/C23H34N6S/c1-24-22(25-12-11-20-18-30-23(27-20)28-13-5-6-14-28)26-16-21-10-7-15-29(21)17-19-8-3-2-4-9-19/h2-4,8-9,18,21H,5-7,10-17H2,1H3,(H2,24,25,26). The van der Waals surface area contributed by atoms with Crippen LogP contribution >= 0.6 is 11.3 Å². The van der Waals surface area contributed by atoms with Gasteiger partial charge in [-0.05, 0) is 37.8 Å². The number of hydrogen-bond acceptors (Lipinski definition) is 5. The Bertz CT molecular complexity index is 799. The molecular weight excluding hydrogens is 392 g/mol. The lowest BCUT2D eigenvalue weighted by Crippen LogP contribution is -2.45. The number of nitrogens with one attached hydrogen (secondary N) is 2. The average molecular weight is 427 g/mol. The summed E-state index contributed by atoms with van der Waals surface area (Å²) < 4.78 is 0. The van der Waals surface area contributed by atoms with E-state index in [1.807, 2.05) is 7.05 Å². The van der Waals surface area contributed by atoms with Crippen molar-refractivity contribution in [3.05, 3.63) is 47.0 Å². The van der Waals surface area contributed by atoms with E-state index in [1.54, 1.807) is 11.3 Å². The Labute approximate surface area is 184 Å². The highest BCUT2D eigenvalue weighted by Crippen LogP contribution is 2.24. The fraction of sp³-hybridized carbons (Fsp3) is 0.565. The molecule has 1 unspecified atom stereocenters. The number of anilines is 1. The Hall–Kier alpha value is -2.12. The van der Waals surface area contributed by atoms with Crippen molar-refractivity contribution in [1.29, 1.82) is 0 Å². The molecule has 3 heterocycles. The topological polar surface area (TPSA) is 55.8 Å². The van der Waals surface area contributed by atoms with Crippen LogP contribution in [0.2, 0.25) is 0 Å². The fourth-order valence-electron chi connectivity index (χ4n) is 4.36. The van der Waals surface area contributed by atoms with Gasteiger partial charge in [-0.1, -0.05) is 30.3 Å². The molecule has 2 aliphatic rings. The molecule has 6 nitrogen and oxygen atoms in total. The van der Waals surface area contributed by atoms with E-state index >= 15 is 0 Å². The van der Waals surface area contributed by atoms with Crippen LogP contribution in [0.5, 0.6) is 0 Å². The maximum Gasteiger partial charge on any atom is 0.191 e. The molecular formula is C23H34N6S. The van der Waals surface area contributed by atoms with Gasteiger partial charge in [-0.2, -0.15) is 0 Å². The van der Waals surface area contributed by atoms with Gasteiger partial charge in [0.2, 0.25) is 0 Å². The third kappa shape index (κ3) is 5.73. The van der Waals surface area contributed by atoms with E-state index in [0.29, 0.717) is 6.04 Å². The quantitative estimate of drug-likeness (QED) is 0.502. The molecule has 1 aromatic carbocycles. The predicted octanol–water partition coefficient (Wildman–Crippen LogP) is 3.12. The lowest BCUT2D eigenvalue weighted by molar-refractivity contribution is 0.245. The summed E-state index contributed by atoms with van der Waals surface area (Å²) in [5, 5.41) is 10.4. The van der Waals surface area contributed by atoms with Gasteiger partial charge in [-0.3, -0.25) is 9.89 Å². The molecule has 2 fully saturated rings. The van der Waals surface area contributed by atoms with Crippen LogP contribution in [0.25, 0.3) is 0 Å². The van der Waals surface area contributed by atoms with E-state index in [1.165, 1.54) is 48.6 Å². The summed E-state index contributed by atoms with van der Waals surface area (Å²) in [4.78, 5) is 14.2. The van der Waals surface area contributed by atoms with Gasteiger partial charge in [-0.15, -0.1) is 11.3 Å². The monoisotopic (exact) mass is 426 g/mol. The molecule has 4 rings (SSSR count). The fourth-order valence-corrected chi connectivity index (χ4v) is 5.27. The molecule has 0 spiro atoms. The van der Waals surface area contributed by atoms with E-state index < -0.39 is 0 Å². The Balaban J connectivity index is 1.19. The molecule has 30 heavy (non-hydrogen) atoms. The largest absolute Gasteiger partial charge is 0.356 e. The first-order chi connectivity index (χ1) is 14.8. The smallest absolute Gasteiger partial charge is 0.191 e. The second-order valence-corrected chi connectivity index (χ2v) is 9.03. The van der Waals surface area contributed by atoms with Gasteiger partial charge >= 0.3 is 0 Å². The third-order valence-corrected chi connectivity index (χ3v) is 7.00. The number of aliphatic imine (C=N–C) groups is 1. The van der Waals surface area contributed by atoms with Crippen molar-refractivity contribution < 1.29 is 0 Å². The van der Waals surface area contributed by atoms with E-state index in [2.05, 4.69) is 61.1 Å². The first kappa shape index (κ1) is 21.1. The molecule has 0 bridgehead atoms. The maximum atomic E-state index is 4.81. The Kier molecular flexibility index (Phi) is 7.59. The predicted molar refractivity (Wildman–Crippen MR) is 127 cm³/mol. The highest BCUT2D eigenvalue weighted by atomic mass is 32.1. The van der Waals surface area contributed by atoms with Gasteiger partial charge in [0.05, 0.1) is 5.69 Å². The summed E-state index contributed by atoms with van der Waals surface area (Å²) in [7, 11) is 1.85. The summed E-state index contributed by atoms with van der Waals surface area (Å²) in [5.41, 5.74) is 2.57. The maximum absolute atomic E-state index is 4.81. The number of hydrogen-bond donors (Lipinski definition) is 2. The minimum atomic E-state index is 0.560. The first-order valence-electron chi connectivity index (χ1n) is 11.2. The molecule has 2 N–H and O–H groups in total. The SMILES string of the molecule is CN=C(NCCc1csc(N2CCCC2)n1)NCC1CCCN1Cc1ccccc1. The number of aromatic nitrogens is 1. The summed E-state index contributed by atoms with van der Waals surface area (Å²) in [6.45, 7) is 6.30. The molecule has 0 amide bonds. The van der Waals surface area contributed by atoms with Gasteiger partial charge in [0.1, 0.15) is 0 Å². The van der Waals surface area contributed by atoms with Crippen LogP contribution in [0.4, 0.5) is 5.13 Å². The third-order valence-electron chi connectivity index (χ3n) is 6.05. The minimum Gasteiger partial charge on any atom is -0.356 e. The zero-order valence-electron chi connectivity index (χ0n) is 18.0.